The maximum absolute atomic E-state index is 12.9. The van der Waals surface area contributed by atoms with Crippen LogP contribution in [0.3, 0.4) is 0 Å². The Balaban J connectivity index is 1.73. The maximum Gasteiger partial charge on any atom is 0.160 e. The fourth-order valence-electron chi connectivity index (χ4n) is 5.05. The summed E-state index contributed by atoms with van der Waals surface area (Å²) in [6.07, 6.45) is 1.07. The number of phenolic OH excluding ortho intramolecular Hbond substituents is 1. The maximum atomic E-state index is 12.9. The number of ether oxygens (including phenoxy) is 1. The van der Waals surface area contributed by atoms with Crippen LogP contribution in [0.2, 0.25) is 0 Å². The van der Waals surface area contributed by atoms with Crippen LogP contribution in [-0.4, -0.2) is 54.0 Å². The van der Waals surface area contributed by atoms with Crippen molar-refractivity contribution in [3.63, 3.8) is 0 Å². The fraction of sp³-hybridized carbons (Fsp3) is 0.611. The Morgan fingerprint density at radius 1 is 1.26 bits per heavy atom. The van der Waals surface area contributed by atoms with E-state index in [9.17, 15) is 9.90 Å². The number of carbonyl (C=O) groups is 1. The molecule has 4 heterocycles. The molecule has 4 saturated heterocycles. The molecule has 5 nitrogen and oxygen atoms in total. The molecule has 0 spiro atoms. The Hall–Kier alpha value is -1.59. The van der Waals surface area contributed by atoms with Gasteiger partial charge in [-0.05, 0) is 24.1 Å². The second-order valence-electron chi connectivity index (χ2n) is 7.64. The number of methoxy groups -OCH3 is 1. The van der Waals surface area contributed by atoms with Gasteiger partial charge in [-0.1, -0.05) is 19.9 Å². The third-order valence-electron chi connectivity index (χ3n) is 6.02. The third-order valence-corrected chi connectivity index (χ3v) is 6.02. The van der Waals surface area contributed by atoms with Crippen molar-refractivity contribution in [1.29, 1.82) is 0 Å². The minimum absolute atomic E-state index is 0.164. The van der Waals surface area contributed by atoms with Crippen molar-refractivity contribution in [3.05, 3.63) is 23.8 Å². The monoisotopic (exact) mass is 316 g/mol. The standard InChI is InChI=1S/C18H24N2O3/c1-4-18-10-19-8-17(2,16(18)22)9-20(11-18)15(19)12-5-6-13(21)14(7-12)23-3/h5-7,15,21H,4,8-11H2,1-3H3. The number of carbonyl (C=O) groups excluding carboxylic acids is 1. The number of aromatic hydroxyl groups is 1. The van der Waals surface area contributed by atoms with Gasteiger partial charge in [-0.3, -0.25) is 14.6 Å². The lowest BCUT2D eigenvalue weighted by molar-refractivity contribution is -0.200. The number of hydrogen-bond donors (Lipinski definition) is 1. The molecule has 0 saturated carbocycles. The number of benzene rings is 1. The third kappa shape index (κ3) is 1.90. The molecular formula is C18H24N2O3. The predicted octanol–water partition coefficient (Wildman–Crippen LogP) is 2.02. The molecule has 4 aliphatic rings. The van der Waals surface area contributed by atoms with Gasteiger partial charge in [-0.2, -0.15) is 0 Å². The molecule has 0 radical (unpaired) electrons. The van der Waals surface area contributed by atoms with E-state index < -0.39 is 0 Å². The Bertz CT molecular complexity index is 656. The van der Waals surface area contributed by atoms with Crippen molar-refractivity contribution in [1.82, 2.24) is 9.80 Å². The van der Waals surface area contributed by atoms with Crippen LogP contribution < -0.4 is 4.74 Å². The van der Waals surface area contributed by atoms with Gasteiger partial charge in [0, 0.05) is 26.2 Å². The molecule has 1 aromatic carbocycles. The first-order valence-electron chi connectivity index (χ1n) is 8.32. The molecule has 124 valence electrons. The van der Waals surface area contributed by atoms with Crippen molar-refractivity contribution in [2.75, 3.05) is 33.3 Å². The number of rotatable bonds is 3. The normalized spacial score (nSPS) is 41.3. The molecule has 0 amide bonds. The first-order chi connectivity index (χ1) is 10.9. The molecular weight excluding hydrogens is 292 g/mol. The molecule has 2 atom stereocenters. The first kappa shape index (κ1) is 15.0. The van der Waals surface area contributed by atoms with Gasteiger partial charge in [0.2, 0.25) is 0 Å². The molecule has 5 heteroatoms. The molecule has 23 heavy (non-hydrogen) atoms. The number of nitrogens with zero attached hydrogens (tertiary/aromatic N) is 2. The summed E-state index contributed by atoms with van der Waals surface area (Å²) in [7, 11) is 1.57. The molecule has 4 aliphatic heterocycles. The summed E-state index contributed by atoms with van der Waals surface area (Å²) in [6, 6.07) is 5.59. The highest BCUT2D eigenvalue weighted by Gasteiger charge is 2.63. The highest BCUT2D eigenvalue weighted by atomic mass is 16.5. The second-order valence-corrected chi connectivity index (χ2v) is 7.64. The zero-order valence-corrected chi connectivity index (χ0v) is 14.0. The van der Waals surface area contributed by atoms with Crippen molar-refractivity contribution >= 4 is 5.78 Å². The van der Waals surface area contributed by atoms with E-state index >= 15 is 0 Å². The van der Waals surface area contributed by atoms with E-state index in [0.29, 0.717) is 11.5 Å². The van der Waals surface area contributed by atoms with Crippen LogP contribution >= 0.6 is 0 Å². The van der Waals surface area contributed by atoms with Gasteiger partial charge >= 0.3 is 0 Å². The van der Waals surface area contributed by atoms with Crippen molar-refractivity contribution in [2.45, 2.75) is 26.4 Å². The smallest absolute Gasteiger partial charge is 0.160 e. The molecule has 1 aromatic rings. The lowest BCUT2D eigenvalue weighted by atomic mass is 9.60. The summed E-state index contributed by atoms with van der Waals surface area (Å²) in [6.45, 7) is 7.56. The Labute approximate surface area is 136 Å². The summed E-state index contributed by atoms with van der Waals surface area (Å²) in [5.74, 6) is 1.13. The average molecular weight is 316 g/mol. The van der Waals surface area contributed by atoms with Gasteiger partial charge in [-0.15, -0.1) is 0 Å². The van der Waals surface area contributed by atoms with Crippen LogP contribution in [0.1, 0.15) is 32.0 Å². The molecule has 5 rings (SSSR count). The van der Waals surface area contributed by atoms with Crippen LogP contribution in [-0.2, 0) is 4.79 Å². The average Bonchev–Trinajstić information content (AvgIpc) is 2.52. The number of Topliss-reactive ketones (excluding diaryl/α,β-unsaturated/α-hetero) is 1. The van der Waals surface area contributed by atoms with Crippen molar-refractivity contribution < 1.29 is 14.6 Å². The quantitative estimate of drug-likeness (QED) is 0.924. The zero-order valence-electron chi connectivity index (χ0n) is 14.0. The van der Waals surface area contributed by atoms with E-state index in [1.165, 1.54) is 0 Å². The number of hydrogen-bond acceptors (Lipinski definition) is 5. The molecule has 4 bridgehead atoms. The van der Waals surface area contributed by atoms with E-state index in [1.54, 1.807) is 13.2 Å². The Morgan fingerprint density at radius 2 is 1.91 bits per heavy atom. The molecule has 0 aliphatic carbocycles. The summed E-state index contributed by atoms with van der Waals surface area (Å²) in [5.41, 5.74) is 0.674. The van der Waals surface area contributed by atoms with Gasteiger partial charge in [0.1, 0.15) is 5.78 Å². The molecule has 0 aromatic heterocycles. The van der Waals surface area contributed by atoms with Crippen LogP contribution in [0.25, 0.3) is 0 Å². The van der Waals surface area contributed by atoms with Crippen molar-refractivity contribution in [3.8, 4) is 11.5 Å². The lowest BCUT2D eigenvalue weighted by Crippen LogP contribution is -2.75. The summed E-state index contributed by atoms with van der Waals surface area (Å²) in [4.78, 5) is 17.8. The minimum atomic E-state index is -0.246. The zero-order chi connectivity index (χ0) is 16.4. The predicted molar refractivity (Wildman–Crippen MR) is 86.4 cm³/mol. The van der Waals surface area contributed by atoms with Gasteiger partial charge in [0.25, 0.3) is 0 Å². The van der Waals surface area contributed by atoms with Crippen LogP contribution in [0.5, 0.6) is 11.5 Å². The Morgan fingerprint density at radius 3 is 2.48 bits per heavy atom. The summed E-state index contributed by atoms with van der Waals surface area (Å²) in [5, 5.41) is 9.84. The van der Waals surface area contributed by atoms with Crippen LogP contribution in [0.15, 0.2) is 18.2 Å². The van der Waals surface area contributed by atoms with E-state index in [4.69, 9.17) is 4.74 Å². The number of piperidine rings is 2. The highest BCUT2D eigenvalue weighted by Crippen LogP contribution is 2.53. The Kier molecular flexibility index (Phi) is 3.06. The largest absolute Gasteiger partial charge is 0.504 e. The first-order valence-corrected chi connectivity index (χ1v) is 8.32. The molecule has 1 N–H and O–H groups in total. The summed E-state index contributed by atoms with van der Waals surface area (Å²) >= 11 is 0. The van der Waals surface area contributed by atoms with E-state index in [2.05, 4.69) is 23.6 Å². The van der Waals surface area contributed by atoms with Gasteiger partial charge in [0.05, 0.1) is 24.1 Å². The molecule has 2 unspecified atom stereocenters. The van der Waals surface area contributed by atoms with Crippen molar-refractivity contribution in [2.24, 2.45) is 10.8 Å². The number of phenols is 1. The van der Waals surface area contributed by atoms with Gasteiger partial charge < -0.3 is 9.84 Å². The SMILES string of the molecule is CCC12CN3CC(C)(CN(C1)C3c1ccc(O)c(OC)c1)C2=O. The summed E-state index contributed by atoms with van der Waals surface area (Å²) < 4.78 is 5.27. The topological polar surface area (TPSA) is 53.0 Å². The number of ketones is 1. The second kappa shape index (κ2) is 4.71. The van der Waals surface area contributed by atoms with E-state index in [0.717, 1.165) is 38.2 Å². The molecule has 4 fully saturated rings. The van der Waals surface area contributed by atoms with Gasteiger partial charge in [0.15, 0.2) is 11.5 Å². The van der Waals surface area contributed by atoms with Crippen LogP contribution in [0, 0.1) is 10.8 Å². The van der Waals surface area contributed by atoms with Crippen LogP contribution in [0.4, 0.5) is 0 Å². The van der Waals surface area contributed by atoms with Gasteiger partial charge in [-0.25, -0.2) is 0 Å². The lowest BCUT2D eigenvalue weighted by Gasteiger charge is -2.65. The van der Waals surface area contributed by atoms with E-state index in [-0.39, 0.29) is 22.7 Å². The minimum Gasteiger partial charge on any atom is -0.504 e. The van der Waals surface area contributed by atoms with E-state index in [1.807, 2.05) is 12.1 Å². The fourth-order valence-corrected chi connectivity index (χ4v) is 5.05. The highest BCUT2D eigenvalue weighted by molar-refractivity contribution is 5.93.